The molecule has 0 spiro atoms. The average molecular weight is 235 g/mol. The standard InChI is InChI=1S/C15H25NO/c1-5-7-15(17-4)14(16)10-13-11(2)8-6-9-12(13)3/h6,8-9,14-15H,5,7,10,16H2,1-4H3. The van der Waals surface area contributed by atoms with Crippen LogP contribution >= 0.6 is 0 Å². The number of rotatable bonds is 6. The van der Waals surface area contributed by atoms with Crippen LogP contribution in [-0.4, -0.2) is 19.3 Å². The quantitative estimate of drug-likeness (QED) is 0.822. The van der Waals surface area contributed by atoms with Crippen molar-refractivity contribution in [3.63, 3.8) is 0 Å². The van der Waals surface area contributed by atoms with Crippen LogP contribution in [0.2, 0.25) is 0 Å². The average Bonchev–Trinajstić information content (AvgIpc) is 2.30. The Morgan fingerprint density at radius 1 is 1.24 bits per heavy atom. The molecule has 0 saturated carbocycles. The fourth-order valence-corrected chi connectivity index (χ4v) is 2.33. The Morgan fingerprint density at radius 2 is 1.82 bits per heavy atom. The lowest BCUT2D eigenvalue weighted by Crippen LogP contribution is -2.38. The summed E-state index contributed by atoms with van der Waals surface area (Å²) in [6.07, 6.45) is 3.21. The molecule has 0 radical (unpaired) electrons. The number of benzene rings is 1. The summed E-state index contributed by atoms with van der Waals surface area (Å²) in [6.45, 7) is 6.46. The van der Waals surface area contributed by atoms with E-state index >= 15 is 0 Å². The molecule has 2 nitrogen and oxygen atoms in total. The molecule has 0 fully saturated rings. The van der Waals surface area contributed by atoms with E-state index < -0.39 is 0 Å². The molecule has 0 aliphatic heterocycles. The minimum Gasteiger partial charge on any atom is -0.380 e. The van der Waals surface area contributed by atoms with Crippen molar-refractivity contribution < 1.29 is 4.74 Å². The zero-order valence-corrected chi connectivity index (χ0v) is 11.5. The van der Waals surface area contributed by atoms with Gasteiger partial charge in [0.1, 0.15) is 0 Å². The van der Waals surface area contributed by atoms with Crippen molar-refractivity contribution in [1.29, 1.82) is 0 Å². The monoisotopic (exact) mass is 235 g/mol. The van der Waals surface area contributed by atoms with Crippen molar-refractivity contribution in [3.8, 4) is 0 Å². The van der Waals surface area contributed by atoms with Crippen LogP contribution in [0.3, 0.4) is 0 Å². The minimum atomic E-state index is 0.0831. The molecular formula is C15H25NO. The number of hydrogen-bond donors (Lipinski definition) is 1. The van der Waals surface area contributed by atoms with Gasteiger partial charge < -0.3 is 10.5 Å². The van der Waals surface area contributed by atoms with Crippen LogP contribution < -0.4 is 5.73 Å². The highest BCUT2D eigenvalue weighted by Crippen LogP contribution is 2.17. The first-order valence-electron chi connectivity index (χ1n) is 6.43. The van der Waals surface area contributed by atoms with E-state index in [1.807, 2.05) is 0 Å². The summed E-state index contributed by atoms with van der Waals surface area (Å²) in [5.74, 6) is 0. The molecule has 0 aromatic heterocycles. The lowest BCUT2D eigenvalue weighted by Gasteiger charge is -2.23. The van der Waals surface area contributed by atoms with Gasteiger partial charge in [0.25, 0.3) is 0 Å². The highest BCUT2D eigenvalue weighted by molar-refractivity contribution is 5.34. The molecular weight excluding hydrogens is 210 g/mol. The molecule has 0 heterocycles. The van der Waals surface area contributed by atoms with Gasteiger partial charge in [-0.25, -0.2) is 0 Å². The second-order valence-corrected chi connectivity index (χ2v) is 4.80. The van der Waals surface area contributed by atoms with E-state index in [9.17, 15) is 0 Å². The Balaban J connectivity index is 2.76. The van der Waals surface area contributed by atoms with Crippen molar-refractivity contribution >= 4 is 0 Å². The van der Waals surface area contributed by atoms with Crippen molar-refractivity contribution in [2.24, 2.45) is 5.73 Å². The van der Waals surface area contributed by atoms with Crippen LogP contribution in [0.4, 0.5) is 0 Å². The number of ether oxygens (including phenoxy) is 1. The molecule has 0 bridgehead atoms. The zero-order valence-electron chi connectivity index (χ0n) is 11.5. The Morgan fingerprint density at radius 3 is 2.29 bits per heavy atom. The van der Waals surface area contributed by atoms with Gasteiger partial charge in [-0.05, 0) is 43.4 Å². The Kier molecular flexibility index (Phi) is 5.66. The molecule has 1 aromatic carbocycles. The van der Waals surface area contributed by atoms with Gasteiger partial charge in [-0.3, -0.25) is 0 Å². The first kappa shape index (κ1) is 14.2. The van der Waals surface area contributed by atoms with Gasteiger partial charge in [0.2, 0.25) is 0 Å². The van der Waals surface area contributed by atoms with Crippen LogP contribution in [0.25, 0.3) is 0 Å². The molecule has 0 amide bonds. The molecule has 96 valence electrons. The first-order valence-corrected chi connectivity index (χ1v) is 6.43. The predicted molar refractivity (Wildman–Crippen MR) is 73.3 cm³/mol. The molecule has 2 N–H and O–H groups in total. The van der Waals surface area contributed by atoms with Crippen molar-refractivity contribution in [2.75, 3.05) is 7.11 Å². The van der Waals surface area contributed by atoms with Crippen molar-refractivity contribution in [2.45, 2.75) is 52.2 Å². The number of nitrogens with two attached hydrogens (primary N) is 1. The topological polar surface area (TPSA) is 35.2 Å². The van der Waals surface area contributed by atoms with Crippen LogP contribution in [0.1, 0.15) is 36.5 Å². The van der Waals surface area contributed by atoms with Gasteiger partial charge in [-0.15, -0.1) is 0 Å². The SMILES string of the molecule is CCCC(OC)C(N)Cc1c(C)cccc1C. The maximum absolute atomic E-state index is 6.26. The summed E-state index contributed by atoms with van der Waals surface area (Å²) in [7, 11) is 1.75. The predicted octanol–water partition coefficient (Wildman–Crippen LogP) is 2.99. The Labute approximate surface area is 105 Å². The summed E-state index contributed by atoms with van der Waals surface area (Å²) in [5.41, 5.74) is 10.3. The largest absolute Gasteiger partial charge is 0.380 e. The summed E-state index contributed by atoms with van der Waals surface area (Å²) >= 11 is 0. The third kappa shape index (κ3) is 3.83. The Hall–Kier alpha value is -0.860. The van der Waals surface area contributed by atoms with Crippen molar-refractivity contribution in [1.82, 2.24) is 0 Å². The highest BCUT2D eigenvalue weighted by Gasteiger charge is 2.18. The lowest BCUT2D eigenvalue weighted by atomic mass is 9.93. The molecule has 2 heteroatoms. The highest BCUT2D eigenvalue weighted by atomic mass is 16.5. The summed E-state index contributed by atoms with van der Waals surface area (Å²) < 4.78 is 5.48. The van der Waals surface area contributed by atoms with Crippen LogP contribution in [-0.2, 0) is 11.2 Å². The molecule has 1 aromatic rings. The molecule has 0 aliphatic carbocycles. The van der Waals surface area contributed by atoms with E-state index in [-0.39, 0.29) is 12.1 Å². The molecule has 0 saturated heterocycles. The van der Waals surface area contributed by atoms with E-state index in [2.05, 4.69) is 39.0 Å². The van der Waals surface area contributed by atoms with E-state index in [0.717, 1.165) is 19.3 Å². The summed E-state index contributed by atoms with van der Waals surface area (Å²) in [6, 6.07) is 6.48. The summed E-state index contributed by atoms with van der Waals surface area (Å²) in [4.78, 5) is 0. The molecule has 0 aliphatic rings. The van der Waals surface area contributed by atoms with Crippen molar-refractivity contribution in [3.05, 3.63) is 34.9 Å². The number of methoxy groups -OCH3 is 1. The second kappa shape index (κ2) is 6.77. The zero-order chi connectivity index (χ0) is 12.8. The van der Waals surface area contributed by atoms with E-state index in [0.29, 0.717) is 0 Å². The third-order valence-corrected chi connectivity index (χ3v) is 3.44. The van der Waals surface area contributed by atoms with E-state index in [4.69, 9.17) is 10.5 Å². The van der Waals surface area contributed by atoms with Gasteiger partial charge in [-0.2, -0.15) is 0 Å². The van der Waals surface area contributed by atoms with E-state index in [1.165, 1.54) is 16.7 Å². The van der Waals surface area contributed by atoms with Crippen LogP contribution in [0.15, 0.2) is 18.2 Å². The lowest BCUT2D eigenvalue weighted by molar-refractivity contribution is 0.0726. The Bertz CT molecular complexity index is 329. The fraction of sp³-hybridized carbons (Fsp3) is 0.600. The van der Waals surface area contributed by atoms with Gasteiger partial charge in [0.05, 0.1) is 6.10 Å². The van der Waals surface area contributed by atoms with Gasteiger partial charge in [-0.1, -0.05) is 31.5 Å². The van der Waals surface area contributed by atoms with Crippen LogP contribution in [0, 0.1) is 13.8 Å². The third-order valence-electron chi connectivity index (χ3n) is 3.44. The molecule has 17 heavy (non-hydrogen) atoms. The molecule has 1 rings (SSSR count). The van der Waals surface area contributed by atoms with Gasteiger partial charge in [0.15, 0.2) is 0 Å². The smallest absolute Gasteiger partial charge is 0.0725 e. The molecule has 2 unspecified atom stereocenters. The van der Waals surface area contributed by atoms with E-state index in [1.54, 1.807) is 7.11 Å². The maximum Gasteiger partial charge on any atom is 0.0725 e. The first-order chi connectivity index (χ1) is 8.10. The van der Waals surface area contributed by atoms with Crippen LogP contribution in [0.5, 0.6) is 0 Å². The second-order valence-electron chi connectivity index (χ2n) is 4.80. The number of aryl methyl sites for hydroxylation is 2. The van der Waals surface area contributed by atoms with Gasteiger partial charge >= 0.3 is 0 Å². The summed E-state index contributed by atoms with van der Waals surface area (Å²) in [5, 5.41) is 0. The number of hydrogen-bond acceptors (Lipinski definition) is 2. The molecule has 2 atom stereocenters. The minimum absolute atomic E-state index is 0.0831. The fourth-order valence-electron chi connectivity index (χ4n) is 2.33. The van der Waals surface area contributed by atoms with Gasteiger partial charge in [0, 0.05) is 13.2 Å². The normalized spacial score (nSPS) is 14.6. The maximum atomic E-state index is 6.26.